The quantitative estimate of drug-likeness (QED) is 0.735. The molecule has 1 heterocycles. The van der Waals surface area contributed by atoms with E-state index in [0.29, 0.717) is 17.2 Å². The minimum atomic E-state index is -0.0672. The number of carbonyl (C=O) groups excluding carboxylic acids is 2. The van der Waals surface area contributed by atoms with Gasteiger partial charge in [0, 0.05) is 30.4 Å². The summed E-state index contributed by atoms with van der Waals surface area (Å²) in [5.74, 6) is 1.05. The Morgan fingerprint density at radius 2 is 2.17 bits per heavy atom. The molecule has 2 rings (SSSR count). The molecule has 1 aromatic carbocycles. The van der Waals surface area contributed by atoms with Crippen LogP contribution in [0.3, 0.4) is 0 Å². The molecule has 0 spiro atoms. The van der Waals surface area contributed by atoms with E-state index in [1.807, 2.05) is 18.0 Å². The average Bonchev–Trinajstić information content (AvgIpc) is 3.01. The van der Waals surface area contributed by atoms with Gasteiger partial charge >= 0.3 is 0 Å². The van der Waals surface area contributed by atoms with Gasteiger partial charge < -0.3 is 15.0 Å². The molecule has 6 heteroatoms. The molecule has 23 heavy (non-hydrogen) atoms. The molecule has 1 aliphatic rings. The van der Waals surface area contributed by atoms with E-state index in [4.69, 9.17) is 4.74 Å². The van der Waals surface area contributed by atoms with Crippen molar-refractivity contribution in [1.29, 1.82) is 0 Å². The molecule has 0 bridgehead atoms. The first-order chi connectivity index (χ1) is 11.0. The highest BCUT2D eigenvalue weighted by molar-refractivity contribution is 9.10. The number of nitrogens with one attached hydrogen (secondary N) is 1. The lowest BCUT2D eigenvalue weighted by atomic mass is 10.1. The van der Waals surface area contributed by atoms with Crippen molar-refractivity contribution in [3.05, 3.63) is 28.2 Å². The number of nitrogens with zero attached hydrogens (tertiary/aromatic N) is 1. The van der Waals surface area contributed by atoms with E-state index in [2.05, 4.69) is 21.2 Å². The van der Waals surface area contributed by atoms with Crippen LogP contribution < -0.4 is 10.1 Å². The topological polar surface area (TPSA) is 58.6 Å². The Hall–Kier alpha value is -1.40. The van der Waals surface area contributed by atoms with E-state index in [-0.39, 0.29) is 24.5 Å². The van der Waals surface area contributed by atoms with Crippen molar-refractivity contribution in [2.45, 2.75) is 19.3 Å². The van der Waals surface area contributed by atoms with Crippen LogP contribution in [0.25, 0.3) is 0 Å². The highest BCUT2D eigenvalue weighted by Gasteiger charge is 2.26. The number of rotatable bonds is 7. The molecule has 5 nitrogen and oxygen atoms in total. The van der Waals surface area contributed by atoms with Gasteiger partial charge in [-0.05, 0) is 44.1 Å². The summed E-state index contributed by atoms with van der Waals surface area (Å²) >= 11 is 3.36. The van der Waals surface area contributed by atoms with Crippen molar-refractivity contribution < 1.29 is 14.3 Å². The molecule has 1 fully saturated rings. The van der Waals surface area contributed by atoms with Crippen LogP contribution in [0.5, 0.6) is 5.75 Å². The summed E-state index contributed by atoms with van der Waals surface area (Å²) in [7, 11) is 3.46. The largest absolute Gasteiger partial charge is 0.496 e. The Morgan fingerprint density at radius 3 is 2.87 bits per heavy atom. The molecule has 0 saturated carbocycles. The third-order valence-electron chi connectivity index (χ3n) is 4.16. The normalized spacial score (nSPS) is 17.3. The lowest BCUT2D eigenvalue weighted by Crippen LogP contribution is -2.30. The fourth-order valence-electron chi connectivity index (χ4n) is 2.93. The second-order valence-electron chi connectivity index (χ2n) is 5.82. The van der Waals surface area contributed by atoms with Crippen molar-refractivity contribution in [3.8, 4) is 5.75 Å². The predicted octanol–water partition coefficient (Wildman–Crippen LogP) is 2.49. The predicted molar refractivity (Wildman–Crippen MR) is 92.9 cm³/mol. The van der Waals surface area contributed by atoms with Crippen LogP contribution in [0, 0.1) is 5.92 Å². The van der Waals surface area contributed by atoms with Crippen LogP contribution >= 0.6 is 15.9 Å². The van der Waals surface area contributed by atoms with Gasteiger partial charge in [0.25, 0.3) is 0 Å². The number of ether oxygens (including phenoxy) is 1. The average molecular weight is 383 g/mol. The van der Waals surface area contributed by atoms with E-state index in [0.717, 1.165) is 30.5 Å². The van der Waals surface area contributed by atoms with Gasteiger partial charge in [-0.15, -0.1) is 0 Å². The molecule has 0 aromatic heterocycles. The summed E-state index contributed by atoms with van der Waals surface area (Å²) in [6.45, 7) is 2.51. The molecule has 1 atom stereocenters. The molecule has 1 amide bonds. The highest BCUT2D eigenvalue weighted by Crippen LogP contribution is 2.25. The summed E-state index contributed by atoms with van der Waals surface area (Å²) in [6, 6.07) is 5.32. The number of halogens is 1. The first-order valence-electron chi connectivity index (χ1n) is 7.84. The molecule has 0 radical (unpaired) electrons. The molecule has 1 aliphatic heterocycles. The number of likely N-dealkylation sites (tertiary alicyclic amines) is 1. The van der Waals surface area contributed by atoms with Crippen molar-refractivity contribution in [3.63, 3.8) is 0 Å². The number of hydrogen-bond donors (Lipinski definition) is 1. The number of benzene rings is 1. The summed E-state index contributed by atoms with van der Waals surface area (Å²) in [5, 5.41) is 3.15. The maximum atomic E-state index is 12.4. The number of Topliss-reactive ketones (excluding diaryl/α,β-unsaturated/α-hetero) is 1. The summed E-state index contributed by atoms with van der Waals surface area (Å²) in [6.07, 6.45) is 1.49. The minimum Gasteiger partial charge on any atom is -0.496 e. The van der Waals surface area contributed by atoms with Gasteiger partial charge in [-0.2, -0.15) is 0 Å². The van der Waals surface area contributed by atoms with Crippen molar-refractivity contribution >= 4 is 27.6 Å². The first kappa shape index (κ1) is 17.9. The number of amides is 1. The van der Waals surface area contributed by atoms with Crippen LogP contribution in [-0.4, -0.2) is 50.4 Å². The molecule has 1 unspecified atom stereocenters. The van der Waals surface area contributed by atoms with Crippen LogP contribution in [0.2, 0.25) is 0 Å². The summed E-state index contributed by atoms with van der Waals surface area (Å²) < 4.78 is 6.05. The first-order valence-corrected chi connectivity index (χ1v) is 8.63. The van der Waals surface area contributed by atoms with Gasteiger partial charge in [0.2, 0.25) is 5.91 Å². The Kier molecular flexibility index (Phi) is 6.59. The SMILES string of the molecule is CNCC1CCN(C(=O)CCC(=O)c2cc(Br)ccc2OC)C1. The van der Waals surface area contributed by atoms with E-state index in [1.165, 1.54) is 7.11 Å². The third kappa shape index (κ3) is 4.78. The van der Waals surface area contributed by atoms with Crippen LogP contribution in [0.15, 0.2) is 22.7 Å². The number of carbonyl (C=O) groups is 2. The van der Waals surface area contributed by atoms with E-state index < -0.39 is 0 Å². The molecule has 1 saturated heterocycles. The Labute approximate surface area is 145 Å². The van der Waals surface area contributed by atoms with Crippen molar-refractivity contribution in [1.82, 2.24) is 10.2 Å². The minimum absolute atomic E-state index is 0.0610. The molecule has 126 valence electrons. The van der Waals surface area contributed by atoms with Crippen molar-refractivity contribution in [2.24, 2.45) is 5.92 Å². The number of hydrogen-bond acceptors (Lipinski definition) is 4. The maximum Gasteiger partial charge on any atom is 0.223 e. The van der Waals surface area contributed by atoms with E-state index in [1.54, 1.807) is 12.1 Å². The zero-order chi connectivity index (χ0) is 16.8. The van der Waals surface area contributed by atoms with Gasteiger partial charge in [0.05, 0.1) is 12.7 Å². The van der Waals surface area contributed by atoms with E-state index in [9.17, 15) is 9.59 Å². The fraction of sp³-hybridized carbons (Fsp3) is 0.529. The third-order valence-corrected chi connectivity index (χ3v) is 4.65. The van der Waals surface area contributed by atoms with Gasteiger partial charge in [0.15, 0.2) is 5.78 Å². The smallest absolute Gasteiger partial charge is 0.223 e. The lowest BCUT2D eigenvalue weighted by Gasteiger charge is -2.16. The van der Waals surface area contributed by atoms with Crippen molar-refractivity contribution in [2.75, 3.05) is 33.8 Å². The van der Waals surface area contributed by atoms with Gasteiger partial charge in [0.1, 0.15) is 5.75 Å². The molecular weight excluding hydrogens is 360 g/mol. The number of methoxy groups -OCH3 is 1. The highest BCUT2D eigenvalue weighted by atomic mass is 79.9. The Bertz CT molecular complexity index is 577. The number of ketones is 1. The maximum absolute atomic E-state index is 12.4. The standard InChI is InChI=1S/C17H23BrN2O3/c1-19-10-12-7-8-20(11-12)17(22)6-4-15(21)14-9-13(18)3-5-16(14)23-2/h3,5,9,12,19H,4,6-8,10-11H2,1-2H3. The molecule has 1 aromatic rings. The van der Waals surface area contributed by atoms with E-state index >= 15 is 0 Å². The van der Waals surface area contributed by atoms with Gasteiger partial charge in [-0.3, -0.25) is 9.59 Å². The van der Waals surface area contributed by atoms with Crippen LogP contribution in [0.4, 0.5) is 0 Å². The molecule has 1 N–H and O–H groups in total. The monoisotopic (exact) mass is 382 g/mol. The van der Waals surface area contributed by atoms with Crippen LogP contribution in [0.1, 0.15) is 29.6 Å². The Morgan fingerprint density at radius 1 is 1.39 bits per heavy atom. The molecular formula is C17H23BrN2O3. The Balaban J connectivity index is 1.89. The fourth-order valence-corrected chi connectivity index (χ4v) is 3.29. The zero-order valence-corrected chi connectivity index (χ0v) is 15.2. The van der Waals surface area contributed by atoms with Gasteiger partial charge in [-0.1, -0.05) is 15.9 Å². The zero-order valence-electron chi connectivity index (χ0n) is 13.6. The summed E-state index contributed by atoms with van der Waals surface area (Å²) in [5.41, 5.74) is 0.518. The van der Waals surface area contributed by atoms with Crippen LogP contribution in [-0.2, 0) is 4.79 Å². The molecule has 0 aliphatic carbocycles. The summed E-state index contributed by atoms with van der Waals surface area (Å²) in [4.78, 5) is 26.5. The second-order valence-corrected chi connectivity index (χ2v) is 6.74. The van der Waals surface area contributed by atoms with Gasteiger partial charge in [-0.25, -0.2) is 0 Å². The lowest BCUT2D eigenvalue weighted by molar-refractivity contribution is -0.130. The second kappa shape index (κ2) is 8.45.